The molecule has 3 nitrogen and oxygen atoms in total. The fourth-order valence-corrected chi connectivity index (χ4v) is 2.37. The third-order valence-corrected chi connectivity index (χ3v) is 3.73. The Balaban J connectivity index is 2.10. The minimum Gasteiger partial charge on any atom is -0.391 e. The number of anilines is 1. The molecule has 0 aromatic heterocycles. The van der Waals surface area contributed by atoms with Crippen LogP contribution >= 0.6 is 0 Å². The van der Waals surface area contributed by atoms with Gasteiger partial charge in [0.2, 0.25) is 0 Å². The third-order valence-electron chi connectivity index (χ3n) is 3.73. The number of ether oxygens (including phenoxy) is 1. The van der Waals surface area contributed by atoms with Crippen molar-refractivity contribution in [3.05, 3.63) is 29.8 Å². The molecule has 1 aliphatic rings. The lowest BCUT2D eigenvalue weighted by atomic mass is 9.87. The normalized spacial score (nSPS) is 22.4. The maximum Gasteiger partial charge on any atom is 0.101 e. The molecule has 1 fully saturated rings. The number of aliphatic hydroxyl groups excluding tert-OH is 1. The van der Waals surface area contributed by atoms with E-state index in [2.05, 4.69) is 49.9 Å². The van der Waals surface area contributed by atoms with E-state index in [9.17, 15) is 5.11 Å². The number of hydrogen-bond donors (Lipinski definition) is 1. The SMILES string of the molecule is CC(O)C1CN(c2ccc(C(C)(C)C)cc2)CCO1. The zero-order chi connectivity index (χ0) is 14.0. The first-order valence-electron chi connectivity index (χ1n) is 7.03. The van der Waals surface area contributed by atoms with Crippen LogP contribution in [0.4, 0.5) is 5.69 Å². The maximum absolute atomic E-state index is 9.64. The van der Waals surface area contributed by atoms with Crippen molar-refractivity contribution in [3.8, 4) is 0 Å². The average molecular weight is 263 g/mol. The Morgan fingerprint density at radius 3 is 2.42 bits per heavy atom. The molecule has 0 aliphatic carbocycles. The van der Waals surface area contributed by atoms with E-state index in [0.717, 1.165) is 13.1 Å². The zero-order valence-corrected chi connectivity index (χ0v) is 12.4. The summed E-state index contributed by atoms with van der Waals surface area (Å²) >= 11 is 0. The molecule has 2 rings (SSSR count). The number of morpholine rings is 1. The van der Waals surface area contributed by atoms with E-state index in [1.165, 1.54) is 11.3 Å². The second kappa shape index (κ2) is 5.51. The highest BCUT2D eigenvalue weighted by Gasteiger charge is 2.24. The summed E-state index contributed by atoms with van der Waals surface area (Å²) in [6.45, 7) is 10.8. The molecule has 1 aromatic carbocycles. The smallest absolute Gasteiger partial charge is 0.101 e. The molecule has 2 unspecified atom stereocenters. The maximum atomic E-state index is 9.64. The van der Waals surface area contributed by atoms with Crippen molar-refractivity contribution in [3.63, 3.8) is 0 Å². The Kier molecular flexibility index (Phi) is 4.16. The summed E-state index contributed by atoms with van der Waals surface area (Å²) in [4.78, 5) is 2.29. The van der Waals surface area contributed by atoms with Crippen LogP contribution in [0.3, 0.4) is 0 Å². The second-order valence-corrected chi connectivity index (χ2v) is 6.39. The molecule has 1 aromatic rings. The van der Waals surface area contributed by atoms with Crippen LogP contribution in [-0.2, 0) is 10.2 Å². The highest BCUT2D eigenvalue weighted by Crippen LogP contribution is 2.26. The van der Waals surface area contributed by atoms with Gasteiger partial charge in [-0.2, -0.15) is 0 Å². The Bertz CT molecular complexity index is 406. The molecule has 0 spiro atoms. The van der Waals surface area contributed by atoms with Crippen molar-refractivity contribution in [2.75, 3.05) is 24.6 Å². The van der Waals surface area contributed by atoms with Gasteiger partial charge in [-0.15, -0.1) is 0 Å². The molecule has 1 aliphatic heterocycles. The second-order valence-electron chi connectivity index (χ2n) is 6.39. The lowest BCUT2D eigenvalue weighted by Gasteiger charge is -2.36. The van der Waals surface area contributed by atoms with E-state index in [1.807, 2.05) is 0 Å². The van der Waals surface area contributed by atoms with Crippen LogP contribution in [0.1, 0.15) is 33.3 Å². The molecule has 0 bridgehead atoms. The molecule has 1 heterocycles. The fraction of sp³-hybridized carbons (Fsp3) is 0.625. The lowest BCUT2D eigenvalue weighted by molar-refractivity contribution is -0.0364. The van der Waals surface area contributed by atoms with Crippen LogP contribution in [0, 0.1) is 0 Å². The van der Waals surface area contributed by atoms with Crippen LogP contribution in [0.25, 0.3) is 0 Å². The summed E-state index contributed by atoms with van der Waals surface area (Å²) in [7, 11) is 0. The van der Waals surface area contributed by atoms with Gasteiger partial charge in [-0.1, -0.05) is 32.9 Å². The summed E-state index contributed by atoms with van der Waals surface area (Å²) in [5, 5.41) is 9.64. The molecular weight excluding hydrogens is 238 g/mol. The van der Waals surface area contributed by atoms with E-state index in [-0.39, 0.29) is 11.5 Å². The van der Waals surface area contributed by atoms with Crippen molar-refractivity contribution < 1.29 is 9.84 Å². The van der Waals surface area contributed by atoms with Crippen LogP contribution in [-0.4, -0.2) is 37.0 Å². The summed E-state index contributed by atoms with van der Waals surface area (Å²) < 4.78 is 5.58. The lowest BCUT2D eigenvalue weighted by Crippen LogP contribution is -2.47. The van der Waals surface area contributed by atoms with Gasteiger partial charge < -0.3 is 14.7 Å². The van der Waals surface area contributed by atoms with E-state index in [1.54, 1.807) is 6.92 Å². The number of rotatable bonds is 2. The number of nitrogens with zero attached hydrogens (tertiary/aromatic N) is 1. The Morgan fingerprint density at radius 2 is 1.89 bits per heavy atom. The van der Waals surface area contributed by atoms with Crippen LogP contribution in [0.15, 0.2) is 24.3 Å². The van der Waals surface area contributed by atoms with E-state index >= 15 is 0 Å². The molecule has 3 heteroatoms. The van der Waals surface area contributed by atoms with Gasteiger partial charge in [-0.05, 0) is 30.0 Å². The first-order valence-corrected chi connectivity index (χ1v) is 7.03. The van der Waals surface area contributed by atoms with Gasteiger partial charge in [-0.3, -0.25) is 0 Å². The number of aliphatic hydroxyl groups is 1. The Labute approximate surface area is 116 Å². The van der Waals surface area contributed by atoms with Crippen molar-refractivity contribution in [1.82, 2.24) is 0 Å². The fourth-order valence-electron chi connectivity index (χ4n) is 2.37. The standard InChI is InChI=1S/C16H25NO2/c1-12(18)15-11-17(9-10-19-15)14-7-5-13(6-8-14)16(2,3)4/h5-8,12,15,18H,9-11H2,1-4H3. The summed E-state index contributed by atoms with van der Waals surface area (Å²) in [5.74, 6) is 0. The zero-order valence-electron chi connectivity index (χ0n) is 12.4. The molecule has 106 valence electrons. The van der Waals surface area contributed by atoms with E-state index in [4.69, 9.17) is 4.74 Å². The van der Waals surface area contributed by atoms with Gasteiger partial charge in [0.1, 0.15) is 6.10 Å². The molecule has 19 heavy (non-hydrogen) atoms. The van der Waals surface area contributed by atoms with Crippen molar-refractivity contribution in [2.24, 2.45) is 0 Å². The predicted molar refractivity (Wildman–Crippen MR) is 78.8 cm³/mol. The summed E-state index contributed by atoms with van der Waals surface area (Å²) in [6.07, 6.45) is -0.507. The molecule has 0 radical (unpaired) electrons. The predicted octanol–water partition coefficient (Wildman–Crippen LogP) is 2.57. The van der Waals surface area contributed by atoms with Crippen molar-refractivity contribution in [1.29, 1.82) is 0 Å². The third kappa shape index (κ3) is 3.48. The van der Waals surface area contributed by atoms with Gasteiger partial charge >= 0.3 is 0 Å². The van der Waals surface area contributed by atoms with Crippen LogP contribution in [0.5, 0.6) is 0 Å². The molecule has 1 N–H and O–H groups in total. The first-order chi connectivity index (χ1) is 8.88. The van der Waals surface area contributed by atoms with Crippen molar-refractivity contribution >= 4 is 5.69 Å². The van der Waals surface area contributed by atoms with Crippen LogP contribution in [0.2, 0.25) is 0 Å². The molecule has 2 atom stereocenters. The van der Waals surface area contributed by atoms with Gasteiger partial charge in [-0.25, -0.2) is 0 Å². The van der Waals surface area contributed by atoms with E-state index < -0.39 is 6.10 Å². The summed E-state index contributed by atoms with van der Waals surface area (Å²) in [6, 6.07) is 8.74. The molecule has 1 saturated heterocycles. The minimum absolute atomic E-state index is 0.0870. The van der Waals surface area contributed by atoms with Gasteiger partial charge in [0.05, 0.1) is 12.7 Å². The highest BCUT2D eigenvalue weighted by atomic mass is 16.5. The van der Waals surface area contributed by atoms with Crippen molar-refractivity contribution in [2.45, 2.75) is 45.3 Å². The Hall–Kier alpha value is -1.06. The Morgan fingerprint density at radius 1 is 1.26 bits per heavy atom. The number of hydrogen-bond acceptors (Lipinski definition) is 3. The summed E-state index contributed by atoms with van der Waals surface area (Å²) in [5.41, 5.74) is 2.74. The van der Waals surface area contributed by atoms with Gasteiger partial charge in [0, 0.05) is 18.8 Å². The molecular formula is C16H25NO2. The van der Waals surface area contributed by atoms with Gasteiger partial charge in [0.15, 0.2) is 0 Å². The topological polar surface area (TPSA) is 32.7 Å². The highest BCUT2D eigenvalue weighted by molar-refractivity contribution is 5.49. The molecule has 0 amide bonds. The van der Waals surface area contributed by atoms with Gasteiger partial charge in [0.25, 0.3) is 0 Å². The minimum atomic E-state index is -0.420. The largest absolute Gasteiger partial charge is 0.391 e. The average Bonchev–Trinajstić information content (AvgIpc) is 2.38. The quantitative estimate of drug-likeness (QED) is 0.890. The number of benzene rings is 1. The van der Waals surface area contributed by atoms with E-state index in [0.29, 0.717) is 6.61 Å². The van der Waals surface area contributed by atoms with Crippen LogP contribution < -0.4 is 4.90 Å². The molecule has 0 saturated carbocycles. The monoisotopic (exact) mass is 263 g/mol. The first kappa shape index (κ1) is 14.4.